The lowest BCUT2D eigenvalue weighted by Crippen LogP contribution is -2.03. The summed E-state index contributed by atoms with van der Waals surface area (Å²) in [4.78, 5) is 0. The van der Waals surface area contributed by atoms with E-state index in [4.69, 9.17) is 0 Å². The van der Waals surface area contributed by atoms with E-state index >= 15 is 0 Å². The highest BCUT2D eigenvalue weighted by atomic mass is 15.3. The molecule has 0 radical (unpaired) electrons. The van der Waals surface area contributed by atoms with Crippen LogP contribution in [0.2, 0.25) is 0 Å². The predicted molar refractivity (Wildman–Crippen MR) is 63.2 cm³/mol. The molecule has 5 heteroatoms. The molecular weight excluding hydrogens is 202 g/mol. The van der Waals surface area contributed by atoms with Crippen LogP contribution in [0.3, 0.4) is 0 Å². The quantitative estimate of drug-likeness (QED) is 0.848. The third-order valence-corrected chi connectivity index (χ3v) is 2.50. The Morgan fingerprint density at radius 3 is 2.75 bits per heavy atom. The van der Waals surface area contributed by atoms with Crippen molar-refractivity contribution in [3.8, 4) is 0 Å². The smallest absolute Gasteiger partial charge is 0.148 e. The Hall–Kier alpha value is -1.78. The normalized spacial score (nSPS) is 10.7. The van der Waals surface area contributed by atoms with Gasteiger partial charge in [0.15, 0.2) is 0 Å². The molecule has 0 bridgehead atoms. The zero-order chi connectivity index (χ0) is 11.5. The maximum absolute atomic E-state index is 4.42. The number of rotatable bonds is 4. The second-order valence-electron chi connectivity index (χ2n) is 3.82. The molecule has 2 rings (SSSR count). The van der Waals surface area contributed by atoms with Gasteiger partial charge in [0.25, 0.3) is 0 Å². The number of hydrogen-bond donors (Lipinski definition) is 1. The van der Waals surface area contributed by atoms with Crippen LogP contribution in [0, 0.1) is 6.92 Å². The summed E-state index contributed by atoms with van der Waals surface area (Å²) in [6, 6.07) is 4.04. The number of hydrogen-bond acceptors (Lipinski definition) is 3. The monoisotopic (exact) mass is 219 g/mol. The molecule has 2 aromatic rings. The van der Waals surface area contributed by atoms with Crippen molar-refractivity contribution >= 4 is 5.82 Å². The molecular formula is C11H17N5. The molecule has 5 nitrogen and oxygen atoms in total. The summed E-state index contributed by atoms with van der Waals surface area (Å²) in [6.45, 7) is 5.75. The van der Waals surface area contributed by atoms with Crippen LogP contribution in [-0.2, 0) is 20.1 Å². The molecule has 0 saturated heterocycles. The van der Waals surface area contributed by atoms with E-state index in [9.17, 15) is 0 Å². The molecule has 2 aromatic heterocycles. The first kappa shape index (κ1) is 10.7. The third-order valence-electron chi connectivity index (χ3n) is 2.50. The SMILES string of the molecule is CCn1nc(NCc2ccn(C)n2)cc1C. The van der Waals surface area contributed by atoms with Crippen LogP contribution in [0.15, 0.2) is 18.3 Å². The molecule has 2 heterocycles. The number of nitrogens with one attached hydrogen (secondary N) is 1. The summed E-state index contributed by atoms with van der Waals surface area (Å²) < 4.78 is 3.77. The molecule has 0 aliphatic rings. The zero-order valence-electron chi connectivity index (χ0n) is 9.94. The standard InChI is InChI=1S/C11H17N5/c1-4-16-9(2)7-11(14-16)12-8-10-5-6-15(3)13-10/h5-7H,4,8H2,1-3H3,(H,12,14). The topological polar surface area (TPSA) is 47.7 Å². The first-order valence-electron chi connectivity index (χ1n) is 5.46. The Labute approximate surface area is 95.1 Å². The Morgan fingerprint density at radius 2 is 2.19 bits per heavy atom. The summed E-state index contributed by atoms with van der Waals surface area (Å²) in [6.07, 6.45) is 1.94. The fourth-order valence-corrected chi connectivity index (χ4v) is 1.66. The van der Waals surface area contributed by atoms with Gasteiger partial charge in [-0.05, 0) is 19.9 Å². The van der Waals surface area contributed by atoms with Gasteiger partial charge in [0, 0.05) is 31.5 Å². The zero-order valence-corrected chi connectivity index (χ0v) is 9.94. The Balaban J connectivity index is 1.99. The molecule has 0 aromatic carbocycles. The fourth-order valence-electron chi connectivity index (χ4n) is 1.66. The average molecular weight is 219 g/mol. The summed E-state index contributed by atoms with van der Waals surface area (Å²) in [5.74, 6) is 0.907. The average Bonchev–Trinajstić information content (AvgIpc) is 2.82. The molecule has 16 heavy (non-hydrogen) atoms. The molecule has 0 aliphatic carbocycles. The van der Waals surface area contributed by atoms with Gasteiger partial charge in [0.1, 0.15) is 5.82 Å². The van der Waals surface area contributed by atoms with Gasteiger partial charge in [-0.2, -0.15) is 10.2 Å². The minimum atomic E-state index is 0.709. The Bertz CT molecular complexity index is 468. The first-order chi connectivity index (χ1) is 7.69. The summed E-state index contributed by atoms with van der Waals surface area (Å²) in [5, 5.41) is 12.0. The van der Waals surface area contributed by atoms with Crippen LogP contribution in [0.25, 0.3) is 0 Å². The van der Waals surface area contributed by atoms with Crippen molar-refractivity contribution in [2.24, 2.45) is 7.05 Å². The first-order valence-corrected chi connectivity index (χ1v) is 5.46. The van der Waals surface area contributed by atoms with Gasteiger partial charge in [0.05, 0.1) is 12.2 Å². The minimum absolute atomic E-state index is 0.709. The molecule has 0 fully saturated rings. The maximum Gasteiger partial charge on any atom is 0.148 e. The molecule has 0 atom stereocenters. The molecule has 0 aliphatic heterocycles. The van der Waals surface area contributed by atoms with Crippen LogP contribution in [-0.4, -0.2) is 19.6 Å². The van der Waals surface area contributed by atoms with E-state index in [2.05, 4.69) is 29.4 Å². The number of anilines is 1. The molecule has 1 N–H and O–H groups in total. The van der Waals surface area contributed by atoms with Crippen molar-refractivity contribution < 1.29 is 0 Å². The summed E-state index contributed by atoms with van der Waals surface area (Å²) >= 11 is 0. The van der Waals surface area contributed by atoms with Crippen LogP contribution in [0.5, 0.6) is 0 Å². The van der Waals surface area contributed by atoms with Crippen molar-refractivity contribution in [2.45, 2.75) is 26.9 Å². The lowest BCUT2D eigenvalue weighted by molar-refractivity contribution is 0.641. The summed E-state index contributed by atoms with van der Waals surface area (Å²) in [7, 11) is 1.92. The molecule has 86 valence electrons. The van der Waals surface area contributed by atoms with Crippen molar-refractivity contribution in [2.75, 3.05) is 5.32 Å². The van der Waals surface area contributed by atoms with Crippen molar-refractivity contribution in [3.63, 3.8) is 0 Å². The van der Waals surface area contributed by atoms with Crippen LogP contribution in [0.4, 0.5) is 5.82 Å². The molecule has 0 saturated carbocycles. The van der Waals surface area contributed by atoms with Crippen molar-refractivity contribution in [1.29, 1.82) is 0 Å². The molecule has 0 amide bonds. The van der Waals surface area contributed by atoms with Crippen LogP contribution in [0.1, 0.15) is 18.3 Å². The van der Waals surface area contributed by atoms with Gasteiger partial charge >= 0.3 is 0 Å². The van der Waals surface area contributed by atoms with E-state index in [1.54, 1.807) is 4.68 Å². The number of nitrogens with zero attached hydrogens (tertiary/aromatic N) is 4. The highest BCUT2D eigenvalue weighted by molar-refractivity contribution is 5.35. The van der Waals surface area contributed by atoms with E-state index in [0.717, 1.165) is 18.1 Å². The number of aryl methyl sites for hydroxylation is 3. The van der Waals surface area contributed by atoms with E-state index in [1.807, 2.05) is 30.1 Å². The lowest BCUT2D eigenvalue weighted by Gasteiger charge is -1.99. The van der Waals surface area contributed by atoms with Crippen molar-refractivity contribution in [3.05, 3.63) is 29.7 Å². The predicted octanol–water partition coefficient (Wildman–Crippen LogP) is 1.56. The third kappa shape index (κ3) is 2.24. The van der Waals surface area contributed by atoms with Crippen LogP contribution >= 0.6 is 0 Å². The van der Waals surface area contributed by atoms with Gasteiger partial charge in [-0.25, -0.2) is 0 Å². The van der Waals surface area contributed by atoms with Crippen molar-refractivity contribution in [1.82, 2.24) is 19.6 Å². The minimum Gasteiger partial charge on any atom is -0.363 e. The summed E-state index contributed by atoms with van der Waals surface area (Å²) in [5.41, 5.74) is 2.19. The second kappa shape index (κ2) is 4.38. The number of aromatic nitrogens is 4. The second-order valence-corrected chi connectivity index (χ2v) is 3.82. The van der Waals surface area contributed by atoms with Gasteiger partial charge < -0.3 is 5.32 Å². The van der Waals surface area contributed by atoms with Gasteiger partial charge in [-0.1, -0.05) is 0 Å². The van der Waals surface area contributed by atoms with E-state index in [1.165, 1.54) is 5.69 Å². The fraction of sp³-hybridized carbons (Fsp3) is 0.455. The molecule has 0 spiro atoms. The van der Waals surface area contributed by atoms with E-state index in [-0.39, 0.29) is 0 Å². The molecule has 0 unspecified atom stereocenters. The van der Waals surface area contributed by atoms with Gasteiger partial charge in [-0.15, -0.1) is 0 Å². The van der Waals surface area contributed by atoms with E-state index in [0.29, 0.717) is 6.54 Å². The van der Waals surface area contributed by atoms with Gasteiger partial charge in [0.2, 0.25) is 0 Å². The largest absolute Gasteiger partial charge is 0.363 e. The van der Waals surface area contributed by atoms with Crippen LogP contribution < -0.4 is 5.32 Å². The lowest BCUT2D eigenvalue weighted by atomic mass is 10.4. The highest BCUT2D eigenvalue weighted by Crippen LogP contribution is 2.09. The maximum atomic E-state index is 4.42. The van der Waals surface area contributed by atoms with Gasteiger partial charge in [-0.3, -0.25) is 9.36 Å². The highest BCUT2D eigenvalue weighted by Gasteiger charge is 2.03. The Morgan fingerprint density at radius 1 is 1.38 bits per heavy atom. The Kier molecular flexibility index (Phi) is 2.94. The van der Waals surface area contributed by atoms with E-state index < -0.39 is 0 Å².